The van der Waals surface area contributed by atoms with Crippen molar-refractivity contribution < 1.29 is 4.79 Å². The van der Waals surface area contributed by atoms with Gasteiger partial charge in [0.15, 0.2) is 5.01 Å². The summed E-state index contributed by atoms with van der Waals surface area (Å²) in [4.78, 5) is 19.6. The number of piperazine rings is 1. The molecule has 1 aromatic carbocycles. The Kier molecular flexibility index (Phi) is 4.82. The molecular formula is C16H20N4OS. The molecule has 0 radical (unpaired) electrons. The van der Waals surface area contributed by atoms with Crippen molar-refractivity contribution in [2.24, 2.45) is 0 Å². The van der Waals surface area contributed by atoms with Crippen molar-refractivity contribution in [1.82, 2.24) is 15.2 Å². The molecule has 2 heterocycles. The highest BCUT2D eigenvalue weighted by Gasteiger charge is 2.11. The van der Waals surface area contributed by atoms with Crippen molar-refractivity contribution in [2.75, 3.05) is 31.5 Å². The number of nitrogens with zero attached hydrogens (tertiary/aromatic N) is 2. The summed E-state index contributed by atoms with van der Waals surface area (Å²) < 4.78 is 0. The number of rotatable bonds is 4. The first-order chi connectivity index (χ1) is 10.7. The molecule has 116 valence electrons. The van der Waals surface area contributed by atoms with Gasteiger partial charge in [0.05, 0.1) is 0 Å². The van der Waals surface area contributed by atoms with Crippen molar-refractivity contribution >= 4 is 22.9 Å². The zero-order chi connectivity index (χ0) is 15.4. The number of aromatic nitrogens is 1. The molecule has 0 aliphatic carbocycles. The summed E-state index contributed by atoms with van der Waals surface area (Å²) in [6, 6.07) is 8.06. The quantitative estimate of drug-likeness (QED) is 0.907. The fourth-order valence-electron chi connectivity index (χ4n) is 2.47. The summed E-state index contributed by atoms with van der Waals surface area (Å²) in [6.07, 6.45) is 1.72. The van der Waals surface area contributed by atoms with E-state index in [1.54, 1.807) is 6.20 Å². The topological polar surface area (TPSA) is 57.3 Å². The molecule has 1 amide bonds. The number of amides is 1. The second kappa shape index (κ2) is 7.00. The Hall–Kier alpha value is -1.76. The fourth-order valence-corrected chi connectivity index (χ4v) is 3.12. The Bertz CT molecular complexity index is 632. The van der Waals surface area contributed by atoms with Gasteiger partial charge in [-0.05, 0) is 24.6 Å². The normalized spacial score (nSPS) is 15.7. The summed E-state index contributed by atoms with van der Waals surface area (Å²) in [5.74, 6) is -0.145. The average molecular weight is 316 g/mol. The van der Waals surface area contributed by atoms with Crippen molar-refractivity contribution in [3.8, 4) is 0 Å². The molecule has 1 saturated heterocycles. The maximum atomic E-state index is 12.1. The summed E-state index contributed by atoms with van der Waals surface area (Å²) in [5, 5.41) is 6.74. The van der Waals surface area contributed by atoms with Gasteiger partial charge < -0.3 is 10.6 Å². The third-order valence-electron chi connectivity index (χ3n) is 3.64. The molecule has 0 bridgehead atoms. The van der Waals surface area contributed by atoms with E-state index in [4.69, 9.17) is 0 Å². The minimum Gasteiger partial charge on any atom is -0.320 e. The van der Waals surface area contributed by atoms with Gasteiger partial charge in [-0.15, -0.1) is 11.3 Å². The fraction of sp³-hybridized carbons (Fsp3) is 0.375. The van der Waals surface area contributed by atoms with Crippen LogP contribution in [-0.4, -0.2) is 42.0 Å². The standard InChI is InChI=1S/C16H20N4OS/c1-12-10-18-16(22-12)15(21)19-14-4-2-13(3-5-14)11-20-8-6-17-7-9-20/h2-5,10,17H,6-9,11H2,1H3,(H,19,21). The number of aryl methyl sites for hydroxylation is 1. The molecule has 0 spiro atoms. The van der Waals surface area contributed by atoms with E-state index < -0.39 is 0 Å². The van der Waals surface area contributed by atoms with E-state index in [0.717, 1.165) is 43.3 Å². The maximum Gasteiger partial charge on any atom is 0.284 e. The van der Waals surface area contributed by atoms with Gasteiger partial charge in [0.2, 0.25) is 0 Å². The van der Waals surface area contributed by atoms with Crippen molar-refractivity contribution in [1.29, 1.82) is 0 Å². The Balaban J connectivity index is 1.58. The lowest BCUT2D eigenvalue weighted by Gasteiger charge is -2.27. The number of carbonyl (C=O) groups is 1. The molecule has 5 nitrogen and oxygen atoms in total. The second-order valence-electron chi connectivity index (χ2n) is 5.45. The number of thiazole rings is 1. The van der Waals surface area contributed by atoms with Gasteiger partial charge in [-0.2, -0.15) is 0 Å². The number of hydrogen-bond acceptors (Lipinski definition) is 5. The molecule has 0 saturated carbocycles. The lowest BCUT2D eigenvalue weighted by molar-refractivity contribution is 0.102. The number of hydrogen-bond donors (Lipinski definition) is 2. The van der Waals surface area contributed by atoms with Crippen molar-refractivity contribution in [3.63, 3.8) is 0 Å². The maximum absolute atomic E-state index is 12.1. The highest BCUT2D eigenvalue weighted by Crippen LogP contribution is 2.16. The molecule has 22 heavy (non-hydrogen) atoms. The Morgan fingerprint density at radius 3 is 2.68 bits per heavy atom. The monoisotopic (exact) mass is 316 g/mol. The van der Waals surface area contributed by atoms with Crippen molar-refractivity contribution in [3.05, 3.63) is 45.9 Å². The van der Waals surface area contributed by atoms with Gasteiger partial charge in [-0.1, -0.05) is 12.1 Å². The molecule has 1 aliphatic rings. The van der Waals surface area contributed by atoms with Gasteiger partial charge in [-0.25, -0.2) is 4.98 Å². The SMILES string of the molecule is Cc1cnc(C(=O)Nc2ccc(CN3CCNCC3)cc2)s1. The van der Waals surface area contributed by atoms with Gasteiger partial charge in [0.1, 0.15) is 0 Å². The van der Waals surface area contributed by atoms with Crippen LogP contribution in [0.15, 0.2) is 30.5 Å². The van der Waals surface area contributed by atoms with Crippen LogP contribution in [0.5, 0.6) is 0 Å². The number of nitrogens with one attached hydrogen (secondary N) is 2. The Labute approximate surface area is 134 Å². The van der Waals surface area contributed by atoms with Crippen LogP contribution in [0, 0.1) is 6.92 Å². The predicted molar refractivity (Wildman–Crippen MR) is 89.4 cm³/mol. The molecule has 1 aliphatic heterocycles. The van der Waals surface area contributed by atoms with E-state index in [2.05, 4.69) is 32.7 Å². The van der Waals surface area contributed by atoms with Crippen LogP contribution in [-0.2, 0) is 6.54 Å². The third-order valence-corrected chi connectivity index (χ3v) is 4.55. The minimum absolute atomic E-state index is 0.145. The van der Waals surface area contributed by atoms with Gasteiger partial charge in [0.25, 0.3) is 5.91 Å². The highest BCUT2D eigenvalue weighted by atomic mass is 32.1. The van der Waals surface area contributed by atoms with Crippen LogP contribution in [0.3, 0.4) is 0 Å². The summed E-state index contributed by atoms with van der Waals surface area (Å²) in [6.45, 7) is 7.19. The van der Waals surface area contributed by atoms with Crippen LogP contribution in [0.1, 0.15) is 20.2 Å². The molecule has 2 N–H and O–H groups in total. The van der Waals surface area contributed by atoms with Gasteiger partial charge >= 0.3 is 0 Å². The molecule has 2 aromatic rings. The number of benzene rings is 1. The number of anilines is 1. The lowest BCUT2D eigenvalue weighted by Crippen LogP contribution is -2.42. The first-order valence-electron chi connectivity index (χ1n) is 7.46. The first-order valence-corrected chi connectivity index (χ1v) is 8.28. The molecule has 1 aromatic heterocycles. The highest BCUT2D eigenvalue weighted by molar-refractivity contribution is 7.13. The summed E-state index contributed by atoms with van der Waals surface area (Å²) in [7, 11) is 0. The molecule has 6 heteroatoms. The molecule has 0 atom stereocenters. The van der Waals surface area contributed by atoms with Gasteiger partial charge in [-0.3, -0.25) is 9.69 Å². The molecule has 3 rings (SSSR count). The van der Waals surface area contributed by atoms with E-state index in [-0.39, 0.29) is 5.91 Å². The van der Waals surface area contributed by atoms with Crippen LogP contribution in [0.25, 0.3) is 0 Å². The third kappa shape index (κ3) is 3.91. The van der Waals surface area contributed by atoms with E-state index >= 15 is 0 Å². The van der Waals surface area contributed by atoms with E-state index in [1.165, 1.54) is 16.9 Å². The minimum atomic E-state index is -0.145. The molecule has 0 unspecified atom stereocenters. The second-order valence-corrected chi connectivity index (χ2v) is 6.69. The first kappa shape index (κ1) is 15.1. The van der Waals surface area contributed by atoms with E-state index in [1.807, 2.05) is 19.1 Å². The van der Waals surface area contributed by atoms with Gasteiger partial charge in [0, 0.05) is 49.5 Å². The van der Waals surface area contributed by atoms with Crippen LogP contribution in [0.2, 0.25) is 0 Å². The zero-order valence-electron chi connectivity index (χ0n) is 12.6. The van der Waals surface area contributed by atoms with Crippen LogP contribution in [0.4, 0.5) is 5.69 Å². The predicted octanol–water partition coefficient (Wildman–Crippen LogP) is 2.11. The number of carbonyl (C=O) groups excluding carboxylic acids is 1. The zero-order valence-corrected chi connectivity index (χ0v) is 13.4. The van der Waals surface area contributed by atoms with E-state index in [9.17, 15) is 4.79 Å². The largest absolute Gasteiger partial charge is 0.320 e. The van der Waals surface area contributed by atoms with Crippen LogP contribution >= 0.6 is 11.3 Å². The average Bonchev–Trinajstić information content (AvgIpc) is 2.97. The summed E-state index contributed by atoms with van der Waals surface area (Å²) >= 11 is 1.41. The Morgan fingerprint density at radius 2 is 2.05 bits per heavy atom. The lowest BCUT2D eigenvalue weighted by atomic mass is 10.2. The van der Waals surface area contributed by atoms with Crippen LogP contribution < -0.4 is 10.6 Å². The molecular weight excluding hydrogens is 296 g/mol. The smallest absolute Gasteiger partial charge is 0.284 e. The van der Waals surface area contributed by atoms with Crippen molar-refractivity contribution in [2.45, 2.75) is 13.5 Å². The Morgan fingerprint density at radius 1 is 1.32 bits per heavy atom. The summed E-state index contributed by atoms with van der Waals surface area (Å²) in [5.41, 5.74) is 2.08. The molecule has 1 fully saturated rings. The van der Waals surface area contributed by atoms with E-state index in [0.29, 0.717) is 5.01 Å².